The predicted octanol–water partition coefficient (Wildman–Crippen LogP) is 3.55. The van der Waals surface area contributed by atoms with Crippen molar-refractivity contribution in [3.8, 4) is 0 Å². The van der Waals surface area contributed by atoms with Gasteiger partial charge in [0.2, 0.25) is 0 Å². The molecule has 1 rings (SSSR count). The lowest BCUT2D eigenvalue weighted by molar-refractivity contribution is -0.384. The fourth-order valence-electron chi connectivity index (χ4n) is 1.42. The molecule has 90 valence electrons. The highest BCUT2D eigenvalue weighted by Crippen LogP contribution is 2.20. The van der Waals surface area contributed by atoms with Gasteiger partial charge in [-0.25, -0.2) is 0 Å². The normalized spacial score (nSPS) is 11.1. The van der Waals surface area contributed by atoms with E-state index in [2.05, 4.69) is 6.58 Å². The smallest absolute Gasteiger partial charge is 0.270 e. The molecule has 1 aromatic rings. The second-order valence-electron chi connectivity index (χ2n) is 3.53. The summed E-state index contributed by atoms with van der Waals surface area (Å²) in [7, 11) is 0. The molecule has 0 unspecified atom stereocenters. The SMILES string of the molecule is C=C(/C=C(\C)c1cccc([N+](=O)[O-])c1)OCC. The Morgan fingerprint density at radius 3 is 2.88 bits per heavy atom. The van der Waals surface area contributed by atoms with E-state index in [1.807, 2.05) is 19.9 Å². The molecule has 0 aliphatic rings. The molecule has 17 heavy (non-hydrogen) atoms. The molecule has 0 saturated heterocycles. The average Bonchev–Trinajstić information content (AvgIpc) is 2.29. The monoisotopic (exact) mass is 233 g/mol. The van der Waals surface area contributed by atoms with E-state index in [1.54, 1.807) is 12.1 Å². The van der Waals surface area contributed by atoms with Crippen LogP contribution in [0.4, 0.5) is 5.69 Å². The van der Waals surface area contributed by atoms with E-state index in [0.717, 1.165) is 11.1 Å². The fourth-order valence-corrected chi connectivity index (χ4v) is 1.42. The molecule has 0 atom stereocenters. The van der Waals surface area contributed by atoms with Crippen molar-refractivity contribution in [1.29, 1.82) is 0 Å². The molecule has 0 radical (unpaired) electrons. The third-order valence-corrected chi connectivity index (χ3v) is 2.22. The standard InChI is InChI=1S/C13H15NO3/c1-4-17-11(3)8-10(2)12-6-5-7-13(9-12)14(15)16/h5-9H,3-4H2,1-2H3/b10-8+. The minimum Gasteiger partial charge on any atom is -0.495 e. The molecular formula is C13H15NO3. The van der Waals surface area contributed by atoms with E-state index < -0.39 is 4.92 Å². The highest BCUT2D eigenvalue weighted by Gasteiger charge is 2.06. The van der Waals surface area contributed by atoms with E-state index in [1.165, 1.54) is 12.1 Å². The first-order valence-electron chi connectivity index (χ1n) is 5.29. The van der Waals surface area contributed by atoms with E-state index in [9.17, 15) is 10.1 Å². The maximum Gasteiger partial charge on any atom is 0.270 e. The van der Waals surface area contributed by atoms with Gasteiger partial charge in [-0.05, 0) is 31.1 Å². The summed E-state index contributed by atoms with van der Waals surface area (Å²) in [6, 6.07) is 6.48. The first-order chi connectivity index (χ1) is 8.04. The molecular weight excluding hydrogens is 218 g/mol. The first kappa shape index (κ1) is 13.0. The number of hydrogen-bond acceptors (Lipinski definition) is 3. The number of nitrogens with zero attached hydrogens (tertiary/aromatic N) is 1. The number of nitro benzene ring substituents is 1. The summed E-state index contributed by atoms with van der Waals surface area (Å²) in [4.78, 5) is 10.2. The van der Waals surface area contributed by atoms with Gasteiger partial charge in [0, 0.05) is 12.1 Å². The molecule has 1 aromatic carbocycles. The second kappa shape index (κ2) is 5.84. The van der Waals surface area contributed by atoms with Crippen molar-refractivity contribution in [2.75, 3.05) is 6.61 Å². The van der Waals surface area contributed by atoms with Crippen molar-refractivity contribution in [3.05, 3.63) is 58.4 Å². The molecule has 4 heteroatoms. The number of rotatable bonds is 5. The van der Waals surface area contributed by atoms with Crippen LogP contribution in [-0.4, -0.2) is 11.5 Å². The summed E-state index contributed by atoms with van der Waals surface area (Å²) in [6.45, 7) is 8.03. The quantitative estimate of drug-likeness (QED) is 0.338. The molecule has 0 amide bonds. The van der Waals surface area contributed by atoms with Gasteiger partial charge in [-0.15, -0.1) is 0 Å². The minimum absolute atomic E-state index is 0.0808. The van der Waals surface area contributed by atoms with Crippen LogP contribution in [0, 0.1) is 10.1 Å². The molecule has 4 nitrogen and oxygen atoms in total. The molecule has 0 aliphatic heterocycles. The molecule has 0 aliphatic carbocycles. The van der Waals surface area contributed by atoms with Gasteiger partial charge in [0.25, 0.3) is 5.69 Å². The maximum absolute atomic E-state index is 10.6. The summed E-state index contributed by atoms with van der Waals surface area (Å²) in [5, 5.41) is 10.6. The lowest BCUT2D eigenvalue weighted by Gasteiger charge is -2.05. The van der Waals surface area contributed by atoms with Crippen LogP contribution in [-0.2, 0) is 4.74 Å². The fraction of sp³-hybridized carbons (Fsp3) is 0.231. The van der Waals surface area contributed by atoms with Crippen LogP contribution < -0.4 is 0 Å². The van der Waals surface area contributed by atoms with E-state index in [0.29, 0.717) is 12.4 Å². The zero-order valence-corrected chi connectivity index (χ0v) is 9.97. The predicted molar refractivity (Wildman–Crippen MR) is 67.5 cm³/mol. The molecule has 0 heterocycles. The highest BCUT2D eigenvalue weighted by molar-refractivity contribution is 5.67. The molecule has 0 N–H and O–H groups in total. The summed E-state index contributed by atoms with van der Waals surface area (Å²) in [5.41, 5.74) is 1.75. The van der Waals surface area contributed by atoms with Crippen molar-refractivity contribution >= 4 is 11.3 Å². The van der Waals surface area contributed by atoms with Gasteiger partial charge in [-0.3, -0.25) is 10.1 Å². The molecule has 0 bridgehead atoms. The number of allylic oxidation sites excluding steroid dienone is 2. The van der Waals surface area contributed by atoms with Crippen molar-refractivity contribution in [2.24, 2.45) is 0 Å². The zero-order chi connectivity index (χ0) is 12.8. The van der Waals surface area contributed by atoms with Gasteiger partial charge >= 0.3 is 0 Å². The molecule has 0 saturated carbocycles. The number of ether oxygens (including phenoxy) is 1. The van der Waals surface area contributed by atoms with Crippen LogP contribution in [0.5, 0.6) is 0 Å². The Hall–Kier alpha value is -2.10. The molecule has 0 spiro atoms. The van der Waals surface area contributed by atoms with E-state index in [4.69, 9.17) is 4.74 Å². The van der Waals surface area contributed by atoms with Gasteiger partial charge in [0.15, 0.2) is 0 Å². The maximum atomic E-state index is 10.6. The van der Waals surface area contributed by atoms with Gasteiger partial charge < -0.3 is 4.74 Å². The number of benzene rings is 1. The molecule has 0 fully saturated rings. The van der Waals surface area contributed by atoms with E-state index in [-0.39, 0.29) is 5.69 Å². The van der Waals surface area contributed by atoms with Crippen LogP contribution >= 0.6 is 0 Å². The van der Waals surface area contributed by atoms with Crippen molar-refractivity contribution in [3.63, 3.8) is 0 Å². The van der Waals surface area contributed by atoms with Gasteiger partial charge in [0.1, 0.15) is 5.76 Å². The Kier molecular flexibility index (Phi) is 4.46. The van der Waals surface area contributed by atoms with Gasteiger partial charge in [-0.1, -0.05) is 18.7 Å². The van der Waals surface area contributed by atoms with E-state index >= 15 is 0 Å². The number of nitro groups is 1. The third kappa shape index (κ3) is 3.75. The van der Waals surface area contributed by atoms with Crippen molar-refractivity contribution in [2.45, 2.75) is 13.8 Å². The summed E-state index contributed by atoms with van der Waals surface area (Å²) < 4.78 is 5.21. The topological polar surface area (TPSA) is 52.4 Å². The lowest BCUT2D eigenvalue weighted by atomic mass is 10.1. The first-order valence-corrected chi connectivity index (χ1v) is 5.29. The Labute approximate surface area is 100 Å². The van der Waals surface area contributed by atoms with Crippen molar-refractivity contribution in [1.82, 2.24) is 0 Å². The average molecular weight is 233 g/mol. The lowest BCUT2D eigenvalue weighted by Crippen LogP contribution is -1.90. The Bertz CT molecular complexity index is 463. The third-order valence-electron chi connectivity index (χ3n) is 2.22. The highest BCUT2D eigenvalue weighted by atomic mass is 16.6. The van der Waals surface area contributed by atoms with Crippen LogP contribution in [0.2, 0.25) is 0 Å². The number of hydrogen-bond donors (Lipinski definition) is 0. The number of non-ortho nitro benzene ring substituents is 1. The largest absolute Gasteiger partial charge is 0.495 e. The Morgan fingerprint density at radius 1 is 1.59 bits per heavy atom. The molecule has 0 aromatic heterocycles. The van der Waals surface area contributed by atoms with Gasteiger partial charge in [-0.2, -0.15) is 0 Å². The minimum atomic E-state index is -0.409. The van der Waals surface area contributed by atoms with Crippen LogP contribution in [0.1, 0.15) is 19.4 Å². The van der Waals surface area contributed by atoms with Crippen molar-refractivity contribution < 1.29 is 9.66 Å². The van der Waals surface area contributed by atoms with Gasteiger partial charge in [0.05, 0.1) is 11.5 Å². The Morgan fingerprint density at radius 2 is 2.29 bits per heavy atom. The Balaban J connectivity index is 2.96. The zero-order valence-electron chi connectivity index (χ0n) is 9.97. The summed E-state index contributed by atoms with van der Waals surface area (Å²) >= 11 is 0. The van der Waals surface area contributed by atoms with Crippen LogP contribution in [0.3, 0.4) is 0 Å². The van der Waals surface area contributed by atoms with Crippen LogP contribution in [0.15, 0.2) is 42.7 Å². The van der Waals surface area contributed by atoms with Crippen LogP contribution in [0.25, 0.3) is 5.57 Å². The summed E-state index contributed by atoms with van der Waals surface area (Å²) in [6.07, 6.45) is 1.77. The summed E-state index contributed by atoms with van der Waals surface area (Å²) in [5.74, 6) is 0.552. The second-order valence-corrected chi connectivity index (χ2v) is 3.53.